The lowest BCUT2D eigenvalue weighted by atomic mass is 9.78. The maximum atomic E-state index is 13.5. The average molecular weight is 411 g/mol. The molecule has 31 heavy (non-hydrogen) atoms. The van der Waals surface area contributed by atoms with Gasteiger partial charge in [0.25, 0.3) is 0 Å². The number of ether oxygens (including phenoxy) is 2. The number of benzene rings is 2. The number of anilines is 2. The number of allylic oxidation sites excluding steroid dienone is 1. The standard InChI is InChI=1S/C25H21N3O3/c29-21-12-17(16-5-6-22-23(13-16)31-14-30-22)11-20-24(21)25(15-7-9-26-10-8-15)28-19-4-2-1-3-18(19)27-20/h1-10,13,17,25,27-28H,11-12,14H2. The first-order valence-electron chi connectivity index (χ1n) is 10.4. The molecule has 3 aromatic rings. The SMILES string of the molecule is O=C1CC(c2ccc3c(c2)OCO3)CC2=C1C(c1ccncc1)Nc1ccccc1N2. The molecule has 0 radical (unpaired) electrons. The van der Waals surface area contributed by atoms with Crippen LogP contribution in [-0.4, -0.2) is 17.6 Å². The smallest absolute Gasteiger partial charge is 0.231 e. The van der Waals surface area contributed by atoms with Crippen molar-refractivity contribution in [2.75, 3.05) is 17.4 Å². The summed E-state index contributed by atoms with van der Waals surface area (Å²) in [5.74, 6) is 1.74. The minimum atomic E-state index is -0.223. The van der Waals surface area contributed by atoms with Crippen molar-refractivity contribution < 1.29 is 14.3 Å². The third-order valence-corrected chi connectivity index (χ3v) is 6.22. The predicted octanol–water partition coefficient (Wildman–Crippen LogP) is 4.79. The van der Waals surface area contributed by atoms with Crippen LogP contribution in [0.1, 0.15) is 35.9 Å². The number of carbonyl (C=O) groups excluding carboxylic acids is 1. The number of carbonyl (C=O) groups is 1. The van der Waals surface area contributed by atoms with Crippen LogP contribution in [-0.2, 0) is 4.79 Å². The van der Waals surface area contributed by atoms with Crippen molar-refractivity contribution in [3.8, 4) is 11.5 Å². The molecule has 6 rings (SSSR count). The minimum absolute atomic E-state index is 0.0802. The van der Waals surface area contributed by atoms with E-state index in [1.54, 1.807) is 12.4 Å². The Balaban J connectivity index is 1.43. The molecule has 3 aliphatic rings. The number of fused-ring (bicyclic) bond motifs is 2. The maximum Gasteiger partial charge on any atom is 0.231 e. The zero-order valence-electron chi connectivity index (χ0n) is 16.8. The van der Waals surface area contributed by atoms with Gasteiger partial charge < -0.3 is 20.1 Å². The highest BCUT2D eigenvalue weighted by Crippen LogP contribution is 2.45. The van der Waals surface area contributed by atoms with Gasteiger partial charge in [0, 0.05) is 30.1 Å². The zero-order chi connectivity index (χ0) is 20.8. The van der Waals surface area contributed by atoms with Gasteiger partial charge in [0.05, 0.1) is 17.4 Å². The van der Waals surface area contributed by atoms with Gasteiger partial charge in [0.1, 0.15) is 0 Å². The summed E-state index contributed by atoms with van der Waals surface area (Å²) >= 11 is 0. The van der Waals surface area contributed by atoms with Crippen molar-refractivity contribution in [3.63, 3.8) is 0 Å². The number of hydrogen-bond donors (Lipinski definition) is 2. The highest BCUT2D eigenvalue weighted by Gasteiger charge is 2.36. The summed E-state index contributed by atoms with van der Waals surface area (Å²) in [4.78, 5) is 17.7. The number of pyridine rings is 1. The minimum Gasteiger partial charge on any atom is -0.454 e. The number of nitrogens with one attached hydrogen (secondary N) is 2. The first-order valence-corrected chi connectivity index (χ1v) is 10.4. The number of Topliss-reactive ketones (excluding diaryl/α,β-unsaturated/α-hetero) is 1. The quantitative estimate of drug-likeness (QED) is 0.632. The van der Waals surface area contributed by atoms with Gasteiger partial charge in [0.2, 0.25) is 6.79 Å². The van der Waals surface area contributed by atoms with Gasteiger partial charge >= 0.3 is 0 Å². The Kier molecular flexibility index (Phi) is 4.16. The van der Waals surface area contributed by atoms with Crippen molar-refractivity contribution >= 4 is 17.2 Å². The Labute approximate surface area is 179 Å². The number of hydrogen-bond acceptors (Lipinski definition) is 6. The highest BCUT2D eigenvalue weighted by atomic mass is 16.7. The van der Waals surface area contributed by atoms with Crippen molar-refractivity contribution in [1.29, 1.82) is 0 Å². The number of ketones is 1. The van der Waals surface area contributed by atoms with E-state index in [9.17, 15) is 4.79 Å². The highest BCUT2D eigenvalue weighted by molar-refractivity contribution is 6.01. The molecule has 6 heteroatoms. The van der Waals surface area contributed by atoms with Gasteiger partial charge in [-0.3, -0.25) is 9.78 Å². The molecule has 2 unspecified atom stereocenters. The number of nitrogens with zero attached hydrogens (tertiary/aromatic N) is 1. The van der Waals surface area contributed by atoms with E-state index in [4.69, 9.17) is 9.47 Å². The van der Waals surface area contributed by atoms with Crippen LogP contribution < -0.4 is 20.1 Å². The molecule has 0 spiro atoms. The number of aromatic nitrogens is 1. The average Bonchev–Trinajstić information content (AvgIpc) is 3.20. The topological polar surface area (TPSA) is 72.5 Å². The molecule has 2 aliphatic heterocycles. The van der Waals surface area contributed by atoms with E-state index in [1.165, 1.54) is 0 Å². The number of para-hydroxylation sites is 2. The van der Waals surface area contributed by atoms with Gasteiger partial charge in [-0.25, -0.2) is 0 Å². The molecule has 6 nitrogen and oxygen atoms in total. The van der Waals surface area contributed by atoms with Crippen LogP contribution >= 0.6 is 0 Å². The van der Waals surface area contributed by atoms with E-state index in [2.05, 4.69) is 15.6 Å². The Morgan fingerprint density at radius 2 is 1.68 bits per heavy atom. The van der Waals surface area contributed by atoms with Crippen LogP contribution in [0, 0.1) is 0 Å². The molecule has 0 amide bonds. The maximum absolute atomic E-state index is 13.5. The van der Waals surface area contributed by atoms with E-state index in [0.29, 0.717) is 6.42 Å². The molecule has 2 aromatic carbocycles. The van der Waals surface area contributed by atoms with Crippen LogP contribution in [0.4, 0.5) is 11.4 Å². The molecule has 3 heterocycles. The molecule has 0 bridgehead atoms. The van der Waals surface area contributed by atoms with Gasteiger partial charge in [-0.1, -0.05) is 18.2 Å². The summed E-state index contributed by atoms with van der Waals surface area (Å²) in [5, 5.41) is 7.16. The van der Waals surface area contributed by atoms with E-state index in [-0.39, 0.29) is 24.5 Å². The Hall–Kier alpha value is -3.80. The molecule has 1 aromatic heterocycles. The fraction of sp³-hybridized carbons (Fsp3) is 0.200. The van der Waals surface area contributed by atoms with Crippen molar-refractivity contribution in [2.45, 2.75) is 24.8 Å². The largest absolute Gasteiger partial charge is 0.454 e. The normalized spacial score (nSPS) is 21.5. The van der Waals surface area contributed by atoms with Crippen LogP contribution in [0.3, 0.4) is 0 Å². The summed E-state index contributed by atoms with van der Waals surface area (Å²) in [5.41, 5.74) is 5.85. The van der Waals surface area contributed by atoms with Crippen molar-refractivity contribution in [3.05, 3.63) is 89.4 Å². The summed E-state index contributed by atoms with van der Waals surface area (Å²) in [6.45, 7) is 0.245. The Morgan fingerprint density at radius 3 is 2.55 bits per heavy atom. The molecule has 0 fully saturated rings. The Morgan fingerprint density at radius 1 is 0.871 bits per heavy atom. The summed E-state index contributed by atoms with van der Waals surface area (Å²) < 4.78 is 11.0. The van der Waals surface area contributed by atoms with Gasteiger partial charge in [-0.05, 0) is 59.9 Å². The second kappa shape index (κ2) is 7.16. The molecule has 2 N–H and O–H groups in total. The zero-order valence-corrected chi connectivity index (χ0v) is 16.8. The first-order chi connectivity index (χ1) is 15.3. The van der Waals surface area contributed by atoms with Crippen LogP contribution in [0.15, 0.2) is 78.3 Å². The van der Waals surface area contributed by atoms with Gasteiger partial charge in [0.15, 0.2) is 17.3 Å². The molecule has 2 atom stereocenters. The lowest BCUT2D eigenvalue weighted by Gasteiger charge is -2.30. The molecule has 0 saturated carbocycles. The first kappa shape index (κ1) is 18.0. The van der Waals surface area contributed by atoms with Crippen LogP contribution in [0.2, 0.25) is 0 Å². The summed E-state index contributed by atoms with van der Waals surface area (Å²) in [6.07, 6.45) is 4.74. The molecule has 154 valence electrons. The lowest BCUT2D eigenvalue weighted by molar-refractivity contribution is -0.116. The Bertz CT molecular complexity index is 1210. The molecular weight excluding hydrogens is 390 g/mol. The fourth-order valence-corrected chi connectivity index (χ4v) is 4.70. The lowest BCUT2D eigenvalue weighted by Crippen LogP contribution is -2.26. The van der Waals surface area contributed by atoms with E-state index >= 15 is 0 Å². The van der Waals surface area contributed by atoms with Gasteiger partial charge in [-0.2, -0.15) is 0 Å². The third-order valence-electron chi connectivity index (χ3n) is 6.22. The second-order valence-corrected chi connectivity index (χ2v) is 8.06. The van der Waals surface area contributed by atoms with Crippen molar-refractivity contribution in [1.82, 2.24) is 4.98 Å². The van der Waals surface area contributed by atoms with Crippen LogP contribution in [0.5, 0.6) is 11.5 Å². The molecular formula is C25H21N3O3. The number of rotatable bonds is 2. The third kappa shape index (κ3) is 3.11. The summed E-state index contributed by atoms with van der Waals surface area (Å²) in [6, 6.07) is 17.8. The van der Waals surface area contributed by atoms with E-state index in [1.807, 2.05) is 54.6 Å². The molecule has 0 saturated heterocycles. The summed E-state index contributed by atoms with van der Waals surface area (Å²) in [7, 11) is 0. The van der Waals surface area contributed by atoms with Crippen molar-refractivity contribution in [2.24, 2.45) is 0 Å². The molecule has 1 aliphatic carbocycles. The van der Waals surface area contributed by atoms with E-state index in [0.717, 1.165) is 51.7 Å². The monoisotopic (exact) mass is 411 g/mol. The second-order valence-electron chi connectivity index (χ2n) is 8.06. The fourth-order valence-electron chi connectivity index (χ4n) is 4.70. The van der Waals surface area contributed by atoms with Gasteiger partial charge in [-0.15, -0.1) is 0 Å². The van der Waals surface area contributed by atoms with E-state index < -0.39 is 0 Å². The van der Waals surface area contributed by atoms with Crippen LogP contribution in [0.25, 0.3) is 0 Å². The predicted molar refractivity (Wildman–Crippen MR) is 117 cm³/mol.